The van der Waals surface area contributed by atoms with E-state index in [9.17, 15) is 4.57 Å². The molecule has 0 unspecified atom stereocenters. The molecule has 0 radical (unpaired) electrons. The number of aromatic nitrogens is 4. The highest BCUT2D eigenvalue weighted by molar-refractivity contribution is 7.51. The quantitative estimate of drug-likeness (QED) is 0.532. The summed E-state index contributed by atoms with van der Waals surface area (Å²) in [4.78, 5) is 29.3. The van der Waals surface area contributed by atoms with Crippen molar-refractivity contribution in [3.05, 3.63) is 24.8 Å². The molecule has 0 saturated carbocycles. The molecule has 2 aromatic heterocycles. The van der Waals surface area contributed by atoms with E-state index in [-0.39, 0.29) is 6.16 Å². The maximum Gasteiger partial charge on any atom is 0.329 e. The van der Waals surface area contributed by atoms with Crippen molar-refractivity contribution < 1.29 is 14.4 Å². The molecule has 8 nitrogen and oxygen atoms in total. The maximum absolute atomic E-state index is 10.6. The molecule has 0 aromatic carbocycles. The van der Waals surface area contributed by atoms with Gasteiger partial charge in [0.1, 0.15) is 11.8 Å². The first-order valence-corrected chi connectivity index (χ1v) is 6.88. The maximum atomic E-state index is 10.6. The van der Waals surface area contributed by atoms with Gasteiger partial charge in [0.05, 0.1) is 12.5 Å². The molecule has 0 amide bonds. The van der Waals surface area contributed by atoms with Gasteiger partial charge in [-0.25, -0.2) is 15.0 Å². The third-order valence-corrected chi connectivity index (χ3v) is 2.93. The molecule has 0 fully saturated rings. The fourth-order valence-corrected chi connectivity index (χ4v) is 1.86. The Labute approximate surface area is 102 Å². The zero-order valence-electron chi connectivity index (χ0n) is 9.34. The minimum Gasteiger partial charge on any atom is -0.382 e. The van der Waals surface area contributed by atoms with Crippen LogP contribution in [0.15, 0.2) is 24.8 Å². The van der Waals surface area contributed by atoms with Crippen LogP contribution in [-0.4, -0.2) is 35.5 Å². The Morgan fingerprint density at radius 1 is 1.33 bits per heavy atom. The number of anilines is 1. The molecular formula is C9H12N5O3P. The Morgan fingerprint density at radius 3 is 2.83 bits per heavy atom. The highest BCUT2D eigenvalue weighted by Crippen LogP contribution is 2.33. The normalized spacial score (nSPS) is 12.6. The smallest absolute Gasteiger partial charge is 0.329 e. The molecule has 0 atom stereocenters. The molecule has 2 heterocycles. The average molecular weight is 269 g/mol. The summed E-state index contributed by atoms with van der Waals surface area (Å²) in [6.45, 7) is 0.410. The summed E-state index contributed by atoms with van der Waals surface area (Å²) in [7, 11) is -3.99. The second-order valence-electron chi connectivity index (χ2n) is 3.65. The zero-order valence-corrected chi connectivity index (χ0v) is 10.2. The van der Waals surface area contributed by atoms with Crippen LogP contribution in [0.4, 0.5) is 5.82 Å². The Hall–Kier alpha value is -1.76. The molecule has 4 N–H and O–H groups in total. The van der Waals surface area contributed by atoms with E-state index in [1.165, 1.54) is 12.4 Å². The second-order valence-corrected chi connectivity index (χ2v) is 5.34. The molecule has 96 valence electrons. The SMILES string of the molecule is Nc1ncnc2c1ncn2C/C=C/CP(=O)(O)O. The monoisotopic (exact) mass is 269 g/mol. The van der Waals surface area contributed by atoms with Gasteiger partial charge in [0.2, 0.25) is 0 Å². The van der Waals surface area contributed by atoms with E-state index in [0.717, 1.165) is 0 Å². The highest BCUT2D eigenvalue weighted by atomic mass is 31.2. The van der Waals surface area contributed by atoms with Crippen molar-refractivity contribution >= 4 is 24.6 Å². The predicted molar refractivity (Wildman–Crippen MR) is 65.8 cm³/mol. The van der Waals surface area contributed by atoms with Crippen molar-refractivity contribution in [2.24, 2.45) is 0 Å². The first-order valence-electron chi connectivity index (χ1n) is 5.08. The predicted octanol–water partition coefficient (Wildman–Crippen LogP) is 0.142. The van der Waals surface area contributed by atoms with Crippen molar-refractivity contribution in [2.45, 2.75) is 6.54 Å². The summed E-state index contributed by atoms with van der Waals surface area (Å²) < 4.78 is 12.3. The molecule has 0 aliphatic heterocycles. The topological polar surface area (TPSA) is 127 Å². The second kappa shape index (κ2) is 4.85. The van der Waals surface area contributed by atoms with Crippen LogP contribution in [0.1, 0.15) is 0 Å². The molecule has 9 heteroatoms. The van der Waals surface area contributed by atoms with Crippen LogP contribution in [0.25, 0.3) is 11.2 Å². The van der Waals surface area contributed by atoms with Crippen LogP contribution in [-0.2, 0) is 11.1 Å². The van der Waals surface area contributed by atoms with Gasteiger partial charge >= 0.3 is 7.60 Å². The third kappa shape index (κ3) is 2.92. The van der Waals surface area contributed by atoms with Crippen molar-refractivity contribution in [1.29, 1.82) is 0 Å². The molecule has 0 aliphatic carbocycles. The number of hydrogen-bond acceptors (Lipinski definition) is 5. The van der Waals surface area contributed by atoms with E-state index in [1.807, 2.05) is 0 Å². The lowest BCUT2D eigenvalue weighted by Gasteiger charge is -2.00. The van der Waals surface area contributed by atoms with Crippen molar-refractivity contribution in [3.8, 4) is 0 Å². The van der Waals surface area contributed by atoms with Gasteiger partial charge in [-0.05, 0) is 0 Å². The van der Waals surface area contributed by atoms with E-state index in [2.05, 4.69) is 15.0 Å². The molecule has 2 aromatic rings. The first-order chi connectivity index (χ1) is 8.47. The number of fused-ring (bicyclic) bond motifs is 1. The largest absolute Gasteiger partial charge is 0.382 e. The van der Waals surface area contributed by atoms with Crippen molar-refractivity contribution in [3.63, 3.8) is 0 Å². The Balaban J connectivity index is 2.13. The van der Waals surface area contributed by atoms with Crippen LogP contribution >= 0.6 is 7.60 Å². The number of nitrogens with zero attached hydrogens (tertiary/aromatic N) is 4. The summed E-state index contributed by atoms with van der Waals surface area (Å²) >= 11 is 0. The number of nitrogen functional groups attached to an aromatic ring is 1. The summed E-state index contributed by atoms with van der Waals surface area (Å²) in [6.07, 6.45) is 5.68. The zero-order chi connectivity index (χ0) is 13.2. The van der Waals surface area contributed by atoms with Gasteiger partial charge in [0.25, 0.3) is 0 Å². The van der Waals surface area contributed by atoms with Crippen LogP contribution in [0.5, 0.6) is 0 Å². The Bertz CT molecular complexity index is 632. The van der Waals surface area contributed by atoms with Crippen molar-refractivity contribution in [1.82, 2.24) is 19.5 Å². The molecule has 0 bridgehead atoms. The fourth-order valence-electron chi connectivity index (χ4n) is 1.43. The number of imidazole rings is 1. The molecule has 0 saturated heterocycles. The fraction of sp³-hybridized carbons (Fsp3) is 0.222. The van der Waals surface area contributed by atoms with Gasteiger partial charge in [0.15, 0.2) is 11.5 Å². The van der Waals surface area contributed by atoms with Gasteiger partial charge in [-0.2, -0.15) is 0 Å². The number of allylic oxidation sites excluding steroid dienone is 2. The third-order valence-electron chi connectivity index (χ3n) is 2.24. The lowest BCUT2D eigenvalue weighted by atomic mass is 10.5. The Kier molecular flexibility index (Phi) is 3.42. The van der Waals surface area contributed by atoms with Gasteiger partial charge < -0.3 is 20.1 Å². The first kappa shape index (κ1) is 12.7. The van der Waals surface area contributed by atoms with Crippen LogP contribution < -0.4 is 5.73 Å². The molecule has 0 aliphatic rings. The van der Waals surface area contributed by atoms with E-state index in [1.54, 1.807) is 17.0 Å². The van der Waals surface area contributed by atoms with Crippen LogP contribution in [0.2, 0.25) is 0 Å². The number of nitrogens with two attached hydrogens (primary N) is 1. The minimum absolute atomic E-state index is 0.281. The summed E-state index contributed by atoms with van der Waals surface area (Å²) in [5.74, 6) is 0.304. The Morgan fingerprint density at radius 2 is 2.11 bits per heavy atom. The lowest BCUT2D eigenvalue weighted by Crippen LogP contribution is -1.97. The van der Waals surface area contributed by atoms with Gasteiger partial charge in [0, 0.05) is 6.54 Å². The van der Waals surface area contributed by atoms with E-state index < -0.39 is 7.60 Å². The summed E-state index contributed by atoms with van der Waals surface area (Å²) in [5.41, 5.74) is 6.73. The molecule has 18 heavy (non-hydrogen) atoms. The van der Waals surface area contributed by atoms with E-state index >= 15 is 0 Å². The van der Waals surface area contributed by atoms with E-state index in [0.29, 0.717) is 23.5 Å². The molecule has 2 rings (SSSR count). The van der Waals surface area contributed by atoms with E-state index in [4.69, 9.17) is 15.5 Å². The minimum atomic E-state index is -3.99. The van der Waals surface area contributed by atoms with Crippen LogP contribution in [0, 0.1) is 0 Å². The van der Waals surface area contributed by atoms with Crippen molar-refractivity contribution in [2.75, 3.05) is 11.9 Å². The average Bonchev–Trinajstić information content (AvgIpc) is 2.68. The number of hydrogen-bond donors (Lipinski definition) is 3. The summed E-state index contributed by atoms with van der Waals surface area (Å²) in [5, 5.41) is 0. The van der Waals surface area contributed by atoms with Gasteiger partial charge in [-0.15, -0.1) is 0 Å². The lowest BCUT2D eigenvalue weighted by molar-refractivity contribution is 0.377. The summed E-state index contributed by atoms with van der Waals surface area (Å²) in [6, 6.07) is 0. The standard InChI is InChI=1S/C9H12N5O3P/c10-8-7-9(12-5-11-8)14(6-13-7)3-1-2-4-18(15,16)17/h1-2,5-6H,3-4H2,(H2,10,11,12)(H2,15,16,17)/b2-1+. The highest BCUT2D eigenvalue weighted by Gasteiger charge is 2.09. The number of rotatable bonds is 4. The van der Waals surface area contributed by atoms with Gasteiger partial charge in [-0.1, -0.05) is 12.2 Å². The van der Waals surface area contributed by atoms with Gasteiger partial charge in [-0.3, -0.25) is 4.57 Å². The molecule has 0 spiro atoms. The van der Waals surface area contributed by atoms with Crippen LogP contribution in [0.3, 0.4) is 0 Å². The molecular weight excluding hydrogens is 257 g/mol.